The van der Waals surface area contributed by atoms with Crippen molar-refractivity contribution in [2.75, 3.05) is 6.61 Å². The minimum absolute atomic E-state index is 0.0452. The van der Waals surface area contributed by atoms with Crippen LogP contribution in [0, 0.1) is 10.1 Å². The van der Waals surface area contributed by atoms with Crippen molar-refractivity contribution in [2.24, 2.45) is 0 Å². The zero-order chi connectivity index (χ0) is 20.3. The molecule has 0 saturated heterocycles. The van der Waals surface area contributed by atoms with E-state index in [0.29, 0.717) is 0 Å². The van der Waals surface area contributed by atoms with Gasteiger partial charge in [-0.05, 0) is 12.5 Å². The minimum Gasteiger partial charge on any atom is -0.545 e. The normalized spacial score (nSPS) is 16.6. The quantitative estimate of drug-likeness (QED) is 0.369. The third-order valence-corrected chi connectivity index (χ3v) is 3.92. The van der Waals surface area contributed by atoms with Gasteiger partial charge in [-0.15, -0.1) is 0 Å². The first kappa shape index (κ1) is 19.6. The smallest absolute Gasteiger partial charge is 0.303 e. The number of dihydropyridines is 1. The number of esters is 1. The Bertz CT molecular complexity index is 900. The van der Waals surface area contributed by atoms with Crippen molar-refractivity contribution in [3.05, 3.63) is 62.5 Å². The van der Waals surface area contributed by atoms with Crippen molar-refractivity contribution in [3.8, 4) is 0 Å². The Kier molecular flexibility index (Phi) is 5.59. The largest absolute Gasteiger partial charge is 0.545 e. The first-order chi connectivity index (χ1) is 12.6. The summed E-state index contributed by atoms with van der Waals surface area (Å²) in [4.78, 5) is 44.8. The number of aliphatic carboxylic acids is 2. The number of nitro benzene ring substituents is 1. The summed E-state index contributed by atoms with van der Waals surface area (Å²) in [5.74, 6) is -5.46. The van der Waals surface area contributed by atoms with Crippen LogP contribution < -0.4 is 15.5 Å². The number of hydrogen-bond donors (Lipinski definition) is 1. The summed E-state index contributed by atoms with van der Waals surface area (Å²) in [5.41, 5.74) is -1.27. The van der Waals surface area contributed by atoms with Crippen LogP contribution in [0.1, 0.15) is 25.3 Å². The van der Waals surface area contributed by atoms with Crippen LogP contribution in [0.2, 0.25) is 0 Å². The number of non-ortho nitro benzene ring substituents is 1. The summed E-state index contributed by atoms with van der Waals surface area (Å²) in [7, 11) is 0. The number of allylic oxidation sites excluding steroid dienone is 1. The molecule has 1 heterocycles. The number of nitrogens with zero attached hydrogens (tertiary/aromatic N) is 1. The predicted molar refractivity (Wildman–Crippen MR) is 85.3 cm³/mol. The molecule has 0 amide bonds. The van der Waals surface area contributed by atoms with Gasteiger partial charge in [0.2, 0.25) is 0 Å². The van der Waals surface area contributed by atoms with Crippen molar-refractivity contribution < 1.29 is 34.3 Å². The Morgan fingerprint density at radius 1 is 1.19 bits per heavy atom. The molecule has 1 unspecified atom stereocenters. The summed E-state index contributed by atoms with van der Waals surface area (Å²) in [5, 5.41) is 37.0. The minimum atomic E-state index is -1.72. The van der Waals surface area contributed by atoms with Crippen molar-refractivity contribution in [3.63, 3.8) is 0 Å². The number of benzene rings is 1. The van der Waals surface area contributed by atoms with Crippen molar-refractivity contribution >= 4 is 23.6 Å². The number of ether oxygens (including phenoxy) is 1. The van der Waals surface area contributed by atoms with Gasteiger partial charge in [-0.3, -0.25) is 14.9 Å². The van der Waals surface area contributed by atoms with E-state index in [9.17, 15) is 34.7 Å². The van der Waals surface area contributed by atoms with Crippen LogP contribution >= 0.6 is 0 Å². The first-order valence-corrected chi connectivity index (χ1v) is 7.64. The molecule has 1 aromatic rings. The SMILES string of the molecule is CC(=O)OCC1=C(C(=O)[O-])C(c2cccc([N+](=O)[O-])c2)C(C(=O)[O-])=C(C)N1. The standard InChI is InChI=1S/C17H16N2O8/c1-8-13(16(21)22)14(10-4-3-5-11(6-10)19(25)26)15(17(23)24)12(18-8)7-27-9(2)20/h3-6,14,18H,7H2,1-2H3,(H,21,22)(H,23,24)/p-2. The number of carboxylic acids is 2. The molecule has 10 nitrogen and oxygen atoms in total. The Hall–Kier alpha value is -3.69. The number of carbonyl (C=O) groups is 3. The molecule has 0 aliphatic carbocycles. The fourth-order valence-corrected chi connectivity index (χ4v) is 2.85. The lowest BCUT2D eigenvalue weighted by Crippen LogP contribution is -2.41. The number of rotatable bonds is 6. The molecular weight excluding hydrogens is 360 g/mol. The van der Waals surface area contributed by atoms with Gasteiger partial charge in [0.1, 0.15) is 6.61 Å². The molecule has 2 rings (SSSR count). The van der Waals surface area contributed by atoms with Crippen molar-refractivity contribution in [1.29, 1.82) is 0 Å². The van der Waals surface area contributed by atoms with Crippen molar-refractivity contribution in [2.45, 2.75) is 19.8 Å². The summed E-state index contributed by atoms with van der Waals surface area (Å²) in [6.07, 6.45) is 0. The maximum Gasteiger partial charge on any atom is 0.303 e. The molecule has 0 fully saturated rings. The number of nitro groups is 1. The summed E-state index contributed by atoms with van der Waals surface area (Å²) in [6, 6.07) is 4.91. The van der Waals surface area contributed by atoms with E-state index >= 15 is 0 Å². The van der Waals surface area contributed by atoms with E-state index in [0.717, 1.165) is 13.0 Å². The highest BCUT2D eigenvalue weighted by molar-refractivity contribution is 5.97. The fraction of sp³-hybridized carbons (Fsp3) is 0.235. The first-order valence-electron chi connectivity index (χ1n) is 7.64. The molecule has 0 saturated carbocycles. The van der Waals surface area contributed by atoms with Gasteiger partial charge in [0.05, 0.1) is 22.6 Å². The van der Waals surface area contributed by atoms with E-state index in [1.807, 2.05) is 0 Å². The number of carbonyl (C=O) groups excluding carboxylic acids is 3. The molecule has 0 aromatic heterocycles. The molecule has 1 aliphatic heterocycles. The zero-order valence-electron chi connectivity index (χ0n) is 14.3. The third-order valence-electron chi connectivity index (χ3n) is 3.92. The van der Waals surface area contributed by atoms with Gasteiger partial charge in [0, 0.05) is 41.8 Å². The van der Waals surface area contributed by atoms with Crippen molar-refractivity contribution in [1.82, 2.24) is 5.32 Å². The second-order valence-corrected chi connectivity index (χ2v) is 5.70. The van der Waals surface area contributed by atoms with E-state index in [1.54, 1.807) is 0 Å². The molecule has 142 valence electrons. The molecule has 27 heavy (non-hydrogen) atoms. The Labute approximate surface area is 152 Å². The molecule has 0 spiro atoms. The van der Waals surface area contributed by atoms with Gasteiger partial charge in [-0.25, -0.2) is 0 Å². The predicted octanol–water partition coefficient (Wildman–Crippen LogP) is -1.13. The summed E-state index contributed by atoms with van der Waals surface area (Å²) >= 11 is 0. The molecule has 0 radical (unpaired) electrons. The maximum absolute atomic E-state index is 11.8. The molecular formula is C17H14N2O8-2. The van der Waals surface area contributed by atoms with E-state index in [4.69, 9.17) is 4.74 Å². The summed E-state index contributed by atoms with van der Waals surface area (Å²) < 4.78 is 4.81. The third kappa shape index (κ3) is 4.11. The van der Waals surface area contributed by atoms with E-state index < -0.39 is 46.5 Å². The average molecular weight is 374 g/mol. The van der Waals surface area contributed by atoms with Gasteiger partial charge in [0.25, 0.3) is 5.69 Å². The fourth-order valence-electron chi connectivity index (χ4n) is 2.85. The molecule has 1 atom stereocenters. The van der Waals surface area contributed by atoms with E-state index in [1.165, 1.54) is 25.1 Å². The zero-order valence-corrected chi connectivity index (χ0v) is 14.3. The molecule has 1 aromatic carbocycles. The van der Waals surface area contributed by atoms with E-state index in [2.05, 4.69) is 5.32 Å². The highest BCUT2D eigenvalue weighted by atomic mass is 16.6. The van der Waals surface area contributed by atoms with Crippen LogP contribution in [0.15, 0.2) is 46.8 Å². The molecule has 1 N–H and O–H groups in total. The van der Waals surface area contributed by atoms with Crippen LogP contribution in [-0.4, -0.2) is 29.4 Å². The molecule has 1 aliphatic rings. The summed E-state index contributed by atoms with van der Waals surface area (Å²) in [6.45, 7) is 2.02. The maximum atomic E-state index is 11.8. The number of hydrogen-bond acceptors (Lipinski definition) is 9. The Balaban J connectivity index is 2.70. The lowest BCUT2D eigenvalue weighted by molar-refractivity contribution is -0.384. The molecule has 10 heteroatoms. The lowest BCUT2D eigenvalue weighted by atomic mass is 9.80. The van der Waals surface area contributed by atoms with Crippen LogP contribution in [0.4, 0.5) is 5.69 Å². The lowest BCUT2D eigenvalue weighted by Gasteiger charge is -2.34. The second-order valence-electron chi connectivity index (χ2n) is 5.70. The Morgan fingerprint density at radius 2 is 1.81 bits per heavy atom. The van der Waals surface area contributed by atoms with Gasteiger partial charge in [-0.1, -0.05) is 12.1 Å². The topological polar surface area (TPSA) is 162 Å². The van der Waals surface area contributed by atoms with Gasteiger partial charge >= 0.3 is 5.97 Å². The number of carboxylic acid groups (broad SMARTS) is 2. The van der Waals surface area contributed by atoms with Crippen LogP contribution in [0.5, 0.6) is 0 Å². The van der Waals surface area contributed by atoms with Crippen LogP contribution in [-0.2, 0) is 19.1 Å². The Morgan fingerprint density at radius 3 is 2.33 bits per heavy atom. The second kappa shape index (κ2) is 7.68. The number of nitrogens with one attached hydrogen (secondary N) is 1. The van der Waals surface area contributed by atoms with Crippen LogP contribution in [0.25, 0.3) is 0 Å². The molecule has 0 bridgehead atoms. The van der Waals surface area contributed by atoms with Gasteiger partial charge < -0.3 is 29.9 Å². The van der Waals surface area contributed by atoms with E-state index in [-0.39, 0.29) is 22.6 Å². The highest BCUT2D eigenvalue weighted by Crippen LogP contribution is 2.38. The van der Waals surface area contributed by atoms with Gasteiger partial charge in [-0.2, -0.15) is 0 Å². The van der Waals surface area contributed by atoms with Gasteiger partial charge in [0.15, 0.2) is 0 Å². The monoisotopic (exact) mass is 374 g/mol. The van der Waals surface area contributed by atoms with Crippen LogP contribution in [0.3, 0.4) is 0 Å². The highest BCUT2D eigenvalue weighted by Gasteiger charge is 2.32. The average Bonchev–Trinajstić information content (AvgIpc) is 2.58.